The normalized spacial score (nSPS) is 15.0. The number of aryl methyl sites for hydroxylation is 2. The van der Waals surface area contributed by atoms with E-state index in [9.17, 15) is 8.42 Å². The van der Waals surface area contributed by atoms with Gasteiger partial charge in [0.2, 0.25) is 10.0 Å². The first-order valence-corrected chi connectivity index (χ1v) is 9.84. The molecule has 7 heteroatoms. The molecule has 0 bridgehead atoms. The van der Waals surface area contributed by atoms with Gasteiger partial charge in [0.15, 0.2) is 0 Å². The van der Waals surface area contributed by atoms with Crippen LogP contribution in [-0.4, -0.2) is 18.0 Å². The van der Waals surface area contributed by atoms with Gasteiger partial charge in [-0.15, -0.1) is 0 Å². The standard InChI is InChI=1S/C16H18BrN3O2S/c17-14-6-4-13(5-7-14)8-10-23(21,22)18-11-15-12-20-9-2-1-3-16(20)19-15/h4-8,10,12,18H,1-3,9,11H2/b10-8+. The highest BCUT2D eigenvalue weighted by atomic mass is 79.9. The summed E-state index contributed by atoms with van der Waals surface area (Å²) in [5, 5.41) is 1.19. The Morgan fingerprint density at radius 1 is 1.26 bits per heavy atom. The van der Waals surface area contributed by atoms with Crippen molar-refractivity contribution < 1.29 is 8.42 Å². The molecule has 1 N–H and O–H groups in total. The number of imidazole rings is 1. The summed E-state index contributed by atoms with van der Waals surface area (Å²) in [6.45, 7) is 1.19. The van der Waals surface area contributed by atoms with Gasteiger partial charge in [0.05, 0.1) is 12.2 Å². The zero-order valence-electron chi connectivity index (χ0n) is 12.6. The molecule has 0 fully saturated rings. The lowest BCUT2D eigenvalue weighted by atomic mass is 10.2. The summed E-state index contributed by atoms with van der Waals surface area (Å²) < 4.78 is 29.7. The van der Waals surface area contributed by atoms with E-state index in [4.69, 9.17) is 0 Å². The third kappa shape index (κ3) is 4.53. The molecule has 0 aliphatic carbocycles. The van der Waals surface area contributed by atoms with E-state index in [1.165, 1.54) is 5.41 Å². The van der Waals surface area contributed by atoms with Crippen molar-refractivity contribution in [1.29, 1.82) is 0 Å². The Balaban J connectivity index is 1.62. The van der Waals surface area contributed by atoms with Gasteiger partial charge in [-0.05, 0) is 36.6 Å². The summed E-state index contributed by atoms with van der Waals surface area (Å²) in [6, 6.07) is 7.43. The number of rotatable bonds is 5. The van der Waals surface area contributed by atoms with Crippen LogP contribution < -0.4 is 4.72 Å². The Kier molecular flexibility index (Phi) is 4.99. The van der Waals surface area contributed by atoms with E-state index < -0.39 is 10.0 Å². The van der Waals surface area contributed by atoms with Gasteiger partial charge in [0.1, 0.15) is 5.82 Å². The van der Waals surface area contributed by atoms with Crippen LogP contribution in [0.5, 0.6) is 0 Å². The summed E-state index contributed by atoms with van der Waals surface area (Å²) in [5.41, 5.74) is 1.60. The average molecular weight is 396 g/mol. The smallest absolute Gasteiger partial charge is 0.234 e. The minimum Gasteiger partial charge on any atom is -0.335 e. The summed E-state index contributed by atoms with van der Waals surface area (Å²) in [5.74, 6) is 1.05. The Morgan fingerprint density at radius 3 is 2.78 bits per heavy atom. The van der Waals surface area contributed by atoms with E-state index >= 15 is 0 Å². The van der Waals surface area contributed by atoms with Crippen LogP contribution in [0.4, 0.5) is 0 Å². The van der Waals surface area contributed by atoms with Crippen LogP contribution >= 0.6 is 15.9 Å². The van der Waals surface area contributed by atoms with Gasteiger partial charge in [-0.2, -0.15) is 0 Å². The lowest BCUT2D eigenvalue weighted by molar-refractivity contribution is 0.522. The predicted molar refractivity (Wildman–Crippen MR) is 94.1 cm³/mol. The van der Waals surface area contributed by atoms with Crippen LogP contribution in [0.1, 0.15) is 29.9 Å². The van der Waals surface area contributed by atoms with Crippen molar-refractivity contribution in [2.45, 2.75) is 32.4 Å². The van der Waals surface area contributed by atoms with Crippen molar-refractivity contribution in [3.05, 3.63) is 57.4 Å². The van der Waals surface area contributed by atoms with E-state index in [0.29, 0.717) is 0 Å². The van der Waals surface area contributed by atoms with Crippen LogP contribution in [0.3, 0.4) is 0 Å². The first-order valence-electron chi connectivity index (χ1n) is 7.50. The van der Waals surface area contributed by atoms with Gasteiger partial charge >= 0.3 is 0 Å². The molecule has 1 aliphatic heterocycles. The van der Waals surface area contributed by atoms with E-state index in [-0.39, 0.29) is 6.54 Å². The van der Waals surface area contributed by atoms with E-state index in [2.05, 4.69) is 30.2 Å². The highest BCUT2D eigenvalue weighted by Crippen LogP contribution is 2.15. The quantitative estimate of drug-likeness (QED) is 0.845. The molecule has 0 radical (unpaired) electrons. The number of nitrogens with one attached hydrogen (secondary N) is 1. The number of benzene rings is 1. The van der Waals surface area contributed by atoms with E-state index in [1.54, 1.807) is 6.08 Å². The zero-order valence-corrected chi connectivity index (χ0v) is 15.0. The molecule has 1 aliphatic rings. The molecule has 0 saturated heterocycles. The van der Waals surface area contributed by atoms with Gasteiger partial charge in [-0.3, -0.25) is 0 Å². The van der Waals surface area contributed by atoms with Crippen LogP contribution in [0.15, 0.2) is 40.3 Å². The Bertz CT molecular complexity index is 787. The monoisotopic (exact) mass is 395 g/mol. The maximum absolute atomic E-state index is 12.0. The zero-order chi connectivity index (χ0) is 16.3. The molecule has 0 amide bonds. The molecule has 0 saturated carbocycles. The highest BCUT2D eigenvalue weighted by Gasteiger charge is 2.13. The molecule has 2 aromatic rings. The van der Waals surface area contributed by atoms with Gasteiger partial charge in [-0.1, -0.05) is 28.1 Å². The third-order valence-electron chi connectivity index (χ3n) is 3.72. The first-order chi connectivity index (χ1) is 11.0. The molecular formula is C16H18BrN3O2S. The van der Waals surface area contributed by atoms with Crippen molar-refractivity contribution >= 4 is 32.0 Å². The molecule has 0 atom stereocenters. The first kappa shape index (κ1) is 16.4. The fourth-order valence-corrected chi connectivity index (χ4v) is 3.57. The average Bonchev–Trinajstić information content (AvgIpc) is 2.96. The van der Waals surface area contributed by atoms with Crippen LogP contribution in [0.25, 0.3) is 6.08 Å². The van der Waals surface area contributed by atoms with E-state index in [1.807, 2.05) is 30.5 Å². The van der Waals surface area contributed by atoms with Crippen LogP contribution in [0.2, 0.25) is 0 Å². The molecular weight excluding hydrogens is 378 g/mol. The number of hydrogen-bond acceptors (Lipinski definition) is 3. The number of halogens is 1. The molecule has 5 nitrogen and oxygen atoms in total. The third-order valence-corrected chi connectivity index (χ3v) is 5.29. The fraction of sp³-hybridized carbons (Fsp3) is 0.312. The van der Waals surface area contributed by atoms with Crippen LogP contribution in [0, 0.1) is 0 Å². The molecule has 1 aromatic carbocycles. The lowest BCUT2D eigenvalue weighted by Gasteiger charge is -2.11. The molecule has 2 heterocycles. The fourth-order valence-electron chi connectivity index (χ4n) is 2.52. The molecule has 23 heavy (non-hydrogen) atoms. The number of aromatic nitrogens is 2. The summed E-state index contributed by atoms with van der Waals surface area (Å²) in [4.78, 5) is 4.49. The van der Waals surface area contributed by atoms with Gasteiger partial charge in [-0.25, -0.2) is 18.1 Å². The molecule has 122 valence electrons. The summed E-state index contributed by atoms with van der Waals surface area (Å²) in [6.07, 6.45) is 6.79. The maximum atomic E-state index is 12.0. The maximum Gasteiger partial charge on any atom is 0.234 e. The lowest BCUT2D eigenvalue weighted by Crippen LogP contribution is -2.20. The number of sulfonamides is 1. The number of fused-ring (bicyclic) bond motifs is 1. The van der Waals surface area contributed by atoms with Crippen LogP contribution in [-0.2, 0) is 29.5 Å². The minimum atomic E-state index is -3.48. The number of nitrogens with zero attached hydrogens (tertiary/aromatic N) is 2. The summed E-state index contributed by atoms with van der Waals surface area (Å²) in [7, 11) is -3.48. The van der Waals surface area contributed by atoms with Crippen molar-refractivity contribution in [3.8, 4) is 0 Å². The minimum absolute atomic E-state index is 0.215. The second kappa shape index (κ2) is 6.98. The predicted octanol–water partition coefficient (Wildman–Crippen LogP) is 3.07. The largest absolute Gasteiger partial charge is 0.335 e. The molecule has 3 rings (SSSR count). The SMILES string of the molecule is O=S(=O)(/C=C/c1ccc(Br)cc1)NCc1cn2c(n1)CCCC2. The highest BCUT2D eigenvalue weighted by molar-refractivity contribution is 9.10. The van der Waals surface area contributed by atoms with Gasteiger partial charge < -0.3 is 4.57 Å². The Labute approximate surface area is 144 Å². The van der Waals surface area contributed by atoms with Crippen molar-refractivity contribution in [1.82, 2.24) is 14.3 Å². The van der Waals surface area contributed by atoms with Crippen molar-refractivity contribution in [2.24, 2.45) is 0 Å². The molecule has 1 aromatic heterocycles. The van der Waals surface area contributed by atoms with Crippen molar-refractivity contribution in [2.75, 3.05) is 0 Å². The number of hydrogen-bond donors (Lipinski definition) is 1. The van der Waals surface area contributed by atoms with E-state index in [0.717, 1.165) is 47.4 Å². The molecule has 0 unspecified atom stereocenters. The Morgan fingerprint density at radius 2 is 2.04 bits per heavy atom. The summed E-state index contributed by atoms with van der Waals surface area (Å²) >= 11 is 3.35. The Hall–Kier alpha value is -1.44. The van der Waals surface area contributed by atoms with Crippen molar-refractivity contribution in [3.63, 3.8) is 0 Å². The topological polar surface area (TPSA) is 64.0 Å². The second-order valence-corrected chi connectivity index (χ2v) is 8.09. The van der Waals surface area contributed by atoms with Gasteiger partial charge in [0, 0.05) is 29.0 Å². The second-order valence-electron chi connectivity index (χ2n) is 5.52. The molecule has 0 spiro atoms. The van der Waals surface area contributed by atoms with Gasteiger partial charge in [0.25, 0.3) is 0 Å².